The van der Waals surface area contributed by atoms with E-state index in [1.807, 2.05) is 18.2 Å². The fourth-order valence-electron chi connectivity index (χ4n) is 2.30. The first-order valence-corrected chi connectivity index (χ1v) is 6.79. The lowest BCUT2D eigenvalue weighted by molar-refractivity contribution is 0.0447. The first-order chi connectivity index (χ1) is 7.85. The third-order valence-electron chi connectivity index (χ3n) is 2.95. The third-order valence-corrected chi connectivity index (χ3v) is 3.45. The van der Waals surface area contributed by atoms with E-state index in [1.165, 1.54) is 0 Å². The van der Waals surface area contributed by atoms with Crippen molar-refractivity contribution in [2.75, 3.05) is 0 Å². The highest BCUT2D eigenvalue weighted by molar-refractivity contribution is 9.10. The van der Waals surface area contributed by atoms with Gasteiger partial charge in [0.05, 0.1) is 6.10 Å². The Morgan fingerprint density at radius 3 is 2.76 bits per heavy atom. The van der Waals surface area contributed by atoms with Crippen LogP contribution < -0.4 is 4.74 Å². The molecule has 0 aromatic heterocycles. The van der Waals surface area contributed by atoms with Crippen molar-refractivity contribution in [2.24, 2.45) is 5.41 Å². The largest absolute Gasteiger partial charge is 0.490 e. The molecule has 3 heteroatoms. The summed E-state index contributed by atoms with van der Waals surface area (Å²) in [5.74, 6) is 0.812. The Balaban J connectivity index is 2.20. The lowest BCUT2D eigenvalue weighted by atomic mass is 9.85. The van der Waals surface area contributed by atoms with Gasteiger partial charge in [0, 0.05) is 16.5 Å². The number of hydrogen-bond acceptors (Lipinski definition) is 2. The second kappa shape index (κ2) is 4.62. The zero-order chi connectivity index (χ0) is 12.6. The highest BCUT2D eigenvalue weighted by Gasteiger charge is 2.29. The second-order valence-corrected chi connectivity index (χ2v) is 6.85. The predicted molar refractivity (Wildman–Crippen MR) is 72.2 cm³/mol. The molecular formula is C14H19BrO2. The van der Waals surface area contributed by atoms with E-state index in [0.717, 1.165) is 22.2 Å². The van der Waals surface area contributed by atoms with Gasteiger partial charge in [0.15, 0.2) is 0 Å². The van der Waals surface area contributed by atoms with E-state index in [0.29, 0.717) is 6.42 Å². The molecule has 0 aliphatic carbocycles. The van der Waals surface area contributed by atoms with Gasteiger partial charge in [-0.3, -0.25) is 0 Å². The minimum Gasteiger partial charge on any atom is -0.490 e. The fraction of sp³-hybridized carbons (Fsp3) is 0.571. The van der Waals surface area contributed by atoms with Crippen LogP contribution in [0.2, 0.25) is 0 Å². The molecule has 0 saturated carbocycles. The smallest absolute Gasteiger partial charge is 0.126 e. The maximum atomic E-state index is 10.1. The lowest BCUT2D eigenvalue weighted by Crippen LogP contribution is -2.29. The highest BCUT2D eigenvalue weighted by Crippen LogP contribution is 2.39. The number of aliphatic hydroxyl groups excluding tert-OH is 1. The number of fused-ring (bicyclic) bond motifs is 1. The summed E-state index contributed by atoms with van der Waals surface area (Å²) in [6.45, 7) is 6.58. The van der Waals surface area contributed by atoms with Crippen molar-refractivity contribution in [3.05, 3.63) is 28.2 Å². The van der Waals surface area contributed by atoms with Gasteiger partial charge in [0.1, 0.15) is 11.9 Å². The van der Waals surface area contributed by atoms with Gasteiger partial charge in [-0.25, -0.2) is 0 Å². The maximum absolute atomic E-state index is 10.1. The molecule has 0 bridgehead atoms. The van der Waals surface area contributed by atoms with Crippen LogP contribution in [0.4, 0.5) is 0 Å². The quantitative estimate of drug-likeness (QED) is 0.847. The van der Waals surface area contributed by atoms with Crippen LogP contribution in [0, 0.1) is 5.41 Å². The first kappa shape index (κ1) is 12.9. The minimum absolute atomic E-state index is 0.104. The Hall–Kier alpha value is -0.540. The summed E-state index contributed by atoms with van der Waals surface area (Å²) in [4.78, 5) is 0. The van der Waals surface area contributed by atoms with E-state index in [4.69, 9.17) is 4.74 Å². The number of hydrogen-bond donors (Lipinski definition) is 1. The van der Waals surface area contributed by atoms with Crippen LogP contribution >= 0.6 is 15.9 Å². The number of rotatable bonds is 1. The number of aliphatic hydroxyl groups is 1. The Bertz CT molecular complexity index is 409. The van der Waals surface area contributed by atoms with Crippen LogP contribution in [-0.4, -0.2) is 11.2 Å². The molecule has 0 amide bonds. The van der Waals surface area contributed by atoms with Gasteiger partial charge >= 0.3 is 0 Å². The van der Waals surface area contributed by atoms with Crippen molar-refractivity contribution < 1.29 is 9.84 Å². The molecule has 2 unspecified atom stereocenters. The van der Waals surface area contributed by atoms with Gasteiger partial charge in [-0.2, -0.15) is 0 Å². The Morgan fingerprint density at radius 1 is 1.41 bits per heavy atom. The van der Waals surface area contributed by atoms with Crippen LogP contribution in [-0.2, 0) is 0 Å². The molecule has 94 valence electrons. The number of halogens is 1. The molecule has 2 atom stereocenters. The summed E-state index contributed by atoms with van der Waals surface area (Å²) in [5.41, 5.74) is 1.12. The van der Waals surface area contributed by atoms with E-state index in [-0.39, 0.29) is 11.5 Å². The van der Waals surface area contributed by atoms with Crippen molar-refractivity contribution in [2.45, 2.75) is 45.8 Å². The minimum atomic E-state index is -0.404. The molecule has 2 rings (SSSR count). The molecule has 1 N–H and O–H groups in total. The predicted octanol–water partition coefficient (Wildman–Crippen LogP) is 4.07. The van der Waals surface area contributed by atoms with E-state index >= 15 is 0 Å². The average molecular weight is 299 g/mol. The van der Waals surface area contributed by atoms with Crippen LogP contribution in [0.3, 0.4) is 0 Å². The number of ether oxygens (including phenoxy) is 1. The summed E-state index contributed by atoms with van der Waals surface area (Å²) in [7, 11) is 0. The lowest BCUT2D eigenvalue weighted by Gasteiger charge is -2.33. The molecule has 1 aromatic carbocycles. The van der Waals surface area contributed by atoms with Gasteiger partial charge in [0.2, 0.25) is 0 Å². The van der Waals surface area contributed by atoms with E-state index < -0.39 is 6.10 Å². The maximum Gasteiger partial charge on any atom is 0.126 e. The third kappa shape index (κ3) is 3.23. The molecular weight excluding hydrogens is 280 g/mol. The van der Waals surface area contributed by atoms with Gasteiger partial charge in [-0.15, -0.1) is 0 Å². The summed E-state index contributed by atoms with van der Waals surface area (Å²) in [6.07, 6.45) is 1.34. The second-order valence-electron chi connectivity index (χ2n) is 5.94. The normalized spacial score (nSPS) is 24.1. The van der Waals surface area contributed by atoms with Gasteiger partial charge in [-0.05, 0) is 24.0 Å². The molecule has 0 radical (unpaired) electrons. The Labute approximate surface area is 111 Å². The van der Waals surface area contributed by atoms with E-state index in [1.54, 1.807) is 0 Å². The van der Waals surface area contributed by atoms with Crippen molar-refractivity contribution >= 4 is 15.9 Å². The zero-order valence-corrected chi connectivity index (χ0v) is 12.1. The molecule has 0 fully saturated rings. The Kier molecular flexibility index (Phi) is 3.50. The van der Waals surface area contributed by atoms with Crippen LogP contribution in [0.1, 0.15) is 45.3 Å². The van der Waals surface area contributed by atoms with Crippen molar-refractivity contribution in [3.8, 4) is 5.75 Å². The molecule has 1 heterocycles. The standard InChI is InChI=1S/C14H19BrO2/c1-14(2,3)8-10-7-12(16)11-5-4-9(15)6-13(11)17-10/h4-6,10,12,16H,7-8H2,1-3H3. The summed E-state index contributed by atoms with van der Waals surface area (Å²) >= 11 is 3.43. The average Bonchev–Trinajstić information content (AvgIpc) is 2.13. The topological polar surface area (TPSA) is 29.5 Å². The van der Waals surface area contributed by atoms with E-state index in [9.17, 15) is 5.11 Å². The van der Waals surface area contributed by atoms with Gasteiger partial charge in [-0.1, -0.05) is 42.8 Å². The van der Waals surface area contributed by atoms with Crippen LogP contribution in [0.25, 0.3) is 0 Å². The van der Waals surface area contributed by atoms with Crippen molar-refractivity contribution in [1.82, 2.24) is 0 Å². The van der Waals surface area contributed by atoms with Gasteiger partial charge < -0.3 is 9.84 Å². The Morgan fingerprint density at radius 2 is 2.12 bits per heavy atom. The summed E-state index contributed by atoms with van der Waals surface area (Å²) in [5, 5.41) is 10.1. The van der Waals surface area contributed by atoms with Crippen molar-refractivity contribution in [1.29, 1.82) is 0 Å². The SMILES string of the molecule is CC(C)(C)CC1CC(O)c2ccc(Br)cc2O1. The molecule has 1 aliphatic rings. The zero-order valence-electron chi connectivity index (χ0n) is 10.5. The first-order valence-electron chi connectivity index (χ1n) is 5.99. The number of benzene rings is 1. The van der Waals surface area contributed by atoms with Crippen molar-refractivity contribution in [3.63, 3.8) is 0 Å². The van der Waals surface area contributed by atoms with E-state index in [2.05, 4.69) is 36.7 Å². The van der Waals surface area contributed by atoms with Crippen LogP contribution in [0.15, 0.2) is 22.7 Å². The van der Waals surface area contributed by atoms with Gasteiger partial charge in [0.25, 0.3) is 0 Å². The molecule has 1 aromatic rings. The monoisotopic (exact) mass is 298 g/mol. The molecule has 1 aliphatic heterocycles. The highest BCUT2D eigenvalue weighted by atomic mass is 79.9. The molecule has 0 saturated heterocycles. The molecule has 2 nitrogen and oxygen atoms in total. The molecule has 17 heavy (non-hydrogen) atoms. The fourth-order valence-corrected chi connectivity index (χ4v) is 2.64. The molecule has 0 spiro atoms. The van der Waals surface area contributed by atoms with Crippen LogP contribution in [0.5, 0.6) is 5.75 Å². The summed E-state index contributed by atoms with van der Waals surface area (Å²) < 4.78 is 6.96. The summed E-state index contributed by atoms with van der Waals surface area (Å²) in [6, 6.07) is 5.81.